The molecule has 4 nitrogen and oxygen atoms in total. The van der Waals surface area contributed by atoms with Crippen LogP contribution in [0.15, 0.2) is 0 Å². The van der Waals surface area contributed by atoms with E-state index in [1.807, 2.05) is 6.92 Å². The van der Waals surface area contributed by atoms with Crippen molar-refractivity contribution in [2.24, 2.45) is 5.41 Å². The Balaban J connectivity index is 2.77. The Morgan fingerprint density at radius 3 is 2.33 bits per heavy atom. The lowest BCUT2D eigenvalue weighted by Gasteiger charge is -2.33. The molecule has 0 aromatic carbocycles. The van der Waals surface area contributed by atoms with E-state index in [1.165, 1.54) is 4.90 Å². The molecule has 1 saturated heterocycles. The maximum absolute atomic E-state index is 12.1. The number of hydrogen-bond donors (Lipinski definition) is 2. The van der Waals surface area contributed by atoms with Gasteiger partial charge in [0.05, 0.1) is 0 Å². The molecule has 1 fully saturated rings. The van der Waals surface area contributed by atoms with Gasteiger partial charge in [-0.15, -0.1) is 0 Å². The summed E-state index contributed by atoms with van der Waals surface area (Å²) < 4.78 is 0. The third kappa shape index (κ3) is 2.99. The van der Waals surface area contributed by atoms with Crippen LogP contribution >= 0.6 is 12.6 Å². The number of thiol groups is 1. The molecule has 0 radical (unpaired) electrons. The van der Waals surface area contributed by atoms with Crippen LogP contribution < -0.4 is 5.32 Å². The van der Waals surface area contributed by atoms with Crippen LogP contribution in [-0.4, -0.2) is 35.2 Å². The molecular formula is C13H24N2O2S. The summed E-state index contributed by atoms with van der Waals surface area (Å²) in [6.45, 7) is 6.66. The highest BCUT2D eigenvalue weighted by molar-refractivity contribution is 7.80. The van der Waals surface area contributed by atoms with Crippen molar-refractivity contribution in [1.29, 1.82) is 0 Å². The summed E-state index contributed by atoms with van der Waals surface area (Å²) in [5.74, 6) is 0.616. The van der Waals surface area contributed by atoms with Gasteiger partial charge in [-0.3, -0.25) is 9.69 Å². The molecule has 1 rings (SSSR count). The van der Waals surface area contributed by atoms with Crippen molar-refractivity contribution in [1.82, 2.24) is 10.2 Å². The molecule has 104 valence electrons. The van der Waals surface area contributed by atoms with Crippen LogP contribution in [0.4, 0.5) is 4.79 Å². The van der Waals surface area contributed by atoms with Gasteiger partial charge in [0.2, 0.25) is 0 Å². The lowest BCUT2D eigenvalue weighted by Crippen LogP contribution is -2.42. The second-order valence-electron chi connectivity index (χ2n) is 5.08. The van der Waals surface area contributed by atoms with Gasteiger partial charge in [0.1, 0.15) is 6.04 Å². The van der Waals surface area contributed by atoms with Crippen LogP contribution in [0.1, 0.15) is 46.5 Å². The van der Waals surface area contributed by atoms with Crippen molar-refractivity contribution in [2.45, 2.75) is 52.5 Å². The number of nitrogens with zero attached hydrogens (tertiary/aromatic N) is 1. The lowest BCUT2D eigenvalue weighted by atomic mass is 9.84. The molecule has 1 aliphatic heterocycles. The van der Waals surface area contributed by atoms with E-state index >= 15 is 0 Å². The summed E-state index contributed by atoms with van der Waals surface area (Å²) in [4.78, 5) is 25.4. The molecule has 0 spiro atoms. The first-order valence-electron chi connectivity index (χ1n) is 6.76. The summed E-state index contributed by atoms with van der Waals surface area (Å²) in [7, 11) is 0. The van der Waals surface area contributed by atoms with Crippen LogP contribution in [0.5, 0.6) is 0 Å². The average Bonchev–Trinajstić information content (AvgIpc) is 2.64. The van der Waals surface area contributed by atoms with Gasteiger partial charge in [-0.2, -0.15) is 12.6 Å². The number of carbonyl (C=O) groups excluding carboxylic acids is 2. The zero-order chi connectivity index (χ0) is 13.8. The number of carbonyl (C=O) groups is 2. The second-order valence-corrected chi connectivity index (χ2v) is 5.40. The predicted octanol–water partition coefficient (Wildman–Crippen LogP) is 2.44. The van der Waals surface area contributed by atoms with Gasteiger partial charge in [-0.05, 0) is 30.4 Å². The summed E-state index contributed by atoms with van der Waals surface area (Å²) in [6, 6.07) is -0.569. The SMILES string of the molecule is CCCC1NC(=O)N(CC(CC)(CC)CS)C1=O. The minimum absolute atomic E-state index is 0.0583. The molecule has 0 bridgehead atoms. The van der Waals surface area contributed by atoms with E-state index in [0.29, 0.717) is 18.7 Å². The zero-order valence-electron chi connectivity index (χ0n) is 11.5. The number of rotatable bonds is 7. The average molecular weight is 272 g/mol. The van der Waals surface area contributed by atoms with Crippen molar-refractivity contribution in [3.8, 4) is 0 Å². The number of hydrogen-bond acceptors (Lipinski definition) is 3. The zero-order valence-corrected chi connectivity index (χ0v) is 12.4. The lowest BCUT2D eigenvalue weighted by molar-refractivity contribution is -0.128. The number of amides is 3. The van der Waals surface area contributed by atoms with E-state index in [9.17, 15) is 9.59 Å². The molecule has 1 unspecified atom stereocenters. The Hall–Kier alpha value is -0.710. The smallest absolute Gasteiger partial charge is 0.324 e. The van der Waals surface area contributed by atoms with Crippen LogP contribution in [-0.2, 0) is 4.79 Å². The molecule has 1 aliphatic rings. The van der Waals surface area contributed by atoms with Gasteiger partial charge in [-0.1, -0.05) is 27.2 Å². The third-order valence-corrected chi connectivity index (χ3v) is 4.68. The van der Waals surface area contributed by atoms with Crippen molar-refractivity contribution in [3.63, 3.8) is 0 Å². The van der Waals surface area contributed by atoms with E-state index in [1.54, 1.807) is 0 Å². The Bertz CT molecular complexity index is 308. The van der Waals surface area contributed by atoms with E-state index < -0.39 is 0 Å². The van der Waals surface area contributed by atoms with Gasteiger partial charge < -0.3 is 5.32 Å². The molecule has 0 aromatic rings. The maximum atomic E-state index is 12.1. The third-order valence-electron chi connectivity index (χ3n) is 4.01. The fourth-order valence-electron chi connectivity index (χ4n) is 2.29. The van der Waals surface area contributed by atoms with Crippen molar-refractivity contribution in [3.05, 3.63) is 0 Å². The molecule has 5 heteroatoms. The largest absolute Gasteiger partial charge is 0.326 e. The van der Waals surface area contributed by atoms with Crippen molar-refractivity contribution >= 4 is 24.6 Å². The number of urea groups is 1. The normalized spacial score (nSPS) is 20.4. The number of imide groups is 1. The molecule has 18 heavy (non-hydrogen) atoms. The minimum Gasteiger partial charge on any atom is -0.326 e. The van der Waals surface area contributed by atoms with Gasteiger partial charge in [0, 0.05) is 6.54 Å². The number of nitrogens with one attached hydrogen (secondary N) is 1. The van der Waals surface area contributed by atoms with Crippen LogP contribution in [0.3, 0.4) is 0 Å². The second kappa shape index (κ2) is 6.45. The quantitative estimate of drug-likeness (QED) is 0.552. The Morgan fingerprint density at radius 1 is 1.28 bits per heavy atom. The molecule has 3 amide bonds. The van der Waals surface area contributed by atoms with E-state index in [2.05, 4.69) is 31.8 Å². The molecular weight excluding hydrogens is 248 g/mol. The fraction of sp³-hybridized carbons (Fsp3) is 0.846. The highest BCUT2D eigenvalue weighted by atomic mass is 32.1. The molecule has 1 N–H and O–H groups in total. The standard InChI is InChI=1S/C13H24N2O2S/c1-4-7-10-11(16)15(12(17)14-10)8-13(5-2,6-3)9-18/h10,18H,4-9H2,1-3H3,(H,14,17). The topological polar surface area (TPSA) is 49.4 Å². The predicted molar refractivity (Wildman–Crippen MR) is 75.8 cm³/mol. The van der Waals surface area contributed by atoms with E-state index in [4.69, 9.17) is 0 Å². The van der Waals surface area contributed by atoms with Crippen LogP contribution in [0, 0.1) is 5.41 Å². The van der Waals surface area contributed by atoms with E-state index in [0.717, 1.165) is 19.3 Å². The highest BCUT2D eigenvalue weighted by Crippen LogP contribution is 2.30. The van der Waals surface area contributed by atoms with Crippen molar-refractivity contribution < 1.29 is 9.59 Å². The first kappa shape index (κ1) is 15.3. The fourth-order valence-corrected chi connectivity index (χ4v) is 2.84. The minimum atomic E-state index is -0.325. The monoisotopic (exact) mass is 272 g/mol. The van der Waals surface area contributed by atoms with Gasteiger partial charge >= 0.3 is 6.03 Å². The first-order chi connectivity index (χ1) is 8.53. The molecule has 0 saturated carbocycles. The van der Waals surface area contributed by atoms with Crippen molar-refractivity contribution in [2.75, 3.05) is 12.3 Å². The Morgan fingerprint density at radius 2 is 1.89 bits per heavy atom. The van der Waals surface area contributed by atoms with Gasteiger partial charge in [0.25, 0.3) is 5.91 Å². The summed E-state index contributed by atoms with van der Waals surface area (Å²) >= 11 is 4.39. The van der Waals surface area contributed by atoms with Crippen LogP contribution in [0.2, 0.25) is 0 Å². The molecule has 0 aliphatic carbocycles. The molecule has 1 heterocycles. The highest BCUT2D eigenvalue weighted by Gasteiger charge is 2.41. The van der Waals surface area contributed by atoms with Gasteiger partial charge in [-0.25, -0.2) is 4.79 Å². The summed E-state index contributed by atoms with van der Waals surface area (Å²) in [6.07, 6.45) is 3.45. The van der Waals surface area contributed by atoms with Crippen LogP contribution in [0.25, 0.3) is 0 Å². The molecule has 1 atom stereocenters. The first-order valence-corrected chi connectivity index (χ1v) is 7.39. The maximum Gasteiger partial charge on any atom is 0.324 e. The Labute approximate surface area is 115 Å². The summed E-state index contributed by atoms with van der Waals surface area (Å²) in [5.41, 5.74) is -0.0583. The van der Waals surface area contributed by atoms with Gasteiger partial charge in [0.15, 0.2) is 0 Å². The summed E-state index contributed by atoms with van der Waals surface area (Å²) in [5, 5.41) is 2.76. The van der Waals surface area contributed by atoms with E-state index in [-0.39, 0.29) is 23.4 Å². The molecule has 0 aromatic heterocycles. The Kier molecular flexibility index (Phi) is 5.50.